The predicted octanol–water partition coefficient (Wildman–Crippen LogP) is 2.02. The maximum absolute atomic E-state index is 11.0. The zero-order chi connectivity index (χ0) is 12.3. The summed E-state index contributed by atoms with van der Waals surface area (Å²) >= 11 is 5.77. The molecule has 2 heterocycles. The molecule has 1 aliphatic rings. The Bertz CT molecular complexity index is 419. The molecule has 0 aromatic carbocycles. The number of pyridine rings is 1. The molecular weight excluding hydrogens is 244 g/mol. The molecule has 5 nitrogen and oxygen atoms in total. The molecule has 6 heteroatoms. The van der Waals surface area contributed by atoms with Crippen molar-refractivity contribution in [3.8, 4) is 0 Å². The number of hydrogen-bond donors (Lipinski definition) is 2. The minimum absolute atomic E-state index is 0.140. The van der Waals surface area contributed by atoms with Crippen LogP contribution in [0.4, 0.5) is 5.82 Å². The summed E-state index contributed by atoms with van der Waals surface area (Å²) in [5.41, 5.74) is 0.140. The lowest BCUT2D eigenvalue weighted by Gasteiger charge is -2.24. The van der Waals surface area contributed by atoms with Crippen molar-refractivity contribution >= 4 is 23.4 Å². The quantitative estimate of drug-likeness (QED) is 0.810. The van der Waals surface area contributed by atoms with Crippen LogP contribution in [0.3, 0.4) is 0 Å². The van der Waals surface area contributed by atoms with Crippen molar-refractivity contribution in [1.82, 2.24) is 4.98 Å². The first kappa shape index (κ1) is 12.1. The van der Waals surface area contributed by atoms with E-state index in [4.69, 9.17) is 21.4 Å². The Morgan fingerprint density at radius 3 is 2.82 bits per heavy atom. The topological polar surface area (TPSA) is 71.5 Å². The second-order valence-electron chi connectivity index (χ2n) is 3.87. The predicted molar refractivity (Wildman–Crippen MR) is 63.7 cm³/mol. The molecule has 1 saturated heterocycles. The Morgan fingerprint density at radius 2 is 2.18 bits per heavy atom. The molecule has 0 saturated carbocycles. The molecule has 1 aliphatic heterocycles. The molecule has 1 fully saturated rings. The third-order valence-electron chi connectivity index (χ3n) is 2.65. The van der Waals surface area contributed by atoms with Crippen molar-refractivity contribution in [2.75, 3.05) is 18.5 Å². The monoisotopic (exact) mass is 256 g/mol. The summed E-state index contributed by atoms with van der Waals surface area (Å²) < 4.78 is 5.24. The molecule has 0 unspecified atom stereocenters. The molecule has 0 amide bonds. The normalized spacial score (nSPS) is 16.8. The third-order valence-corrected chi connectivity index (χ3v) is 2.86. The molecule has 0 atom stereocenters. The van der Waals surface area contributed by atoms with Crippen LogP contribution in [0.5, 0.6) is 0 Å². The number of ether oxygens (including phenoxy) is 1. The molecule has 0 radical (unpaired) electrons. The van der Waals surface area contributed by atoms with Gasteiger partial charge in [-0.3, -0.25) is 0 Å². The Labute approximate surface area is 104 Å². The van der Waals surface area contributed by atoms with Crippen LogP contribution in [0.2, 0.25) is 5.15 Å². The average molecular weight is 257 g/mol. The highest BCUT2D eigenvalue weighted by Gasteiger charge is 2.18. The SMILES string of the molecule is O=C(O)c1ccc(Cl)nc1NC1CCOCC1. The van der Waals surface area contributed by atoms with Gasteiger partial charge in [-0.1, -0.05) is 11.6 Å². The van der Waals surface area contributed by atoms with Crippen LogP contribution in [0.15, 0.2) is 12.1 Å². The van der Waals surface area contributed by atoms with E-state index in [-0.39, 0.29) is 16.8 Å². The lowest BCUT2D eigenvalue weighted by Crippen LogP contribution is -2.29. The number of halogens is 1. The van der Waals surface area contributed by atoms with E-state index in [9.17, 15) is 4.79 Å². The van der Waals surface area contributed by atoms with Crippen LogP contribution in [0.1, 0.15) is 23.2 Å². The second-order valence-corrected chi connectivity index (χ2v) is 4.25. The van der Waals surface area contributed by atoms with Gasteiger partial charge in [-0.25, -0.2) is 9.78 Å². The summed E-state index contributed by atoms with van der Waals surface area (Å²) in [6.45, 7) is 1.36. The Hall–Kier alpha value is -1.33. The van der Waals surface area contributed by atoms with E-state index in [2.05, 4.69) is 10.3 Å². The Kier molecular flexibility index (Phi) is 3.81. The number of carbonyl (C=O) groups is 1. The van der Waals surface area contributed by atoms with Gasteiger partial charge in [-0.05, 0) is 25.0 Å². The molecule has 92 valence electrons. The number of aromatic nitrogens is 1. The van der Waals surface area contributed by atoms with Gasteiger partial charge in [0.05, 0.1) is 0 Å². The average Bonchev–Trinajstić information content (AvgIpc) is 2.30. The van der Waals surface area contributed by atoms with Crippen LogP contribution < -0.4 is 5.32 Å². The van der Waals surface area contributed by atoms with Crippen LogP contribution in [0.25, 0.3) is 0 Å². The van der Waals surface area contributed by atoms with Gasteiger partial charge in [0.15, 0.2) is 0 Å². The molecule has 0 spiro atoms. The first-order valence-electron chi connectivity index (χ1n) is 5.41. The van der Waals surface area contributed by atoms with Gasteiger partial charge in [0.2, 0.25) is 0 Å². The van der Waals surface area contributed by atoms with Gasteiger partial charge in [0, 0.05) is 19.3 Å². The maximum atomic E-state index is 11.0. The van der Waals surface area contributed by atoms with Crippen molar-refractivity contribution in [2.24, 2.45) is 0 Å². The van der Waals surface area contributed by atoms with E-state index < -0.39 is 5.97 Å². The van der Waals surface area contributed by atoms with Crippen molar-refractivity contribution in [1.29, 1.82) is 0 Å². The summed E-state index contributed by atoms with van der Waals surface area (Å²) in [6.07, 6.45) is 1.68. The van der Waals surface area contributed by atoms with E-state index in [1.54, 1.807) is 0 Å². The summed E-state index contributed by atoms with van der Waals surface area (Å²) in [5.74, 6) is -0.680. The van der Waals surface area contributed by atoms with Crippen LogP contribution in [0, 0.1) is 0 Å². The van der Waals surface area contributed by atoms with Crippen LogP contribution in [-0.2, 0) is 4.74 Å². The highest BCUT2D eigenvalue weighted by atomic mass is 35.5. The van der Waals surface area contributed by atoms with Gasteiger partial charge in [0.25, 0.3) is 0 Å². The van der Waals surface area contributed by atoms with Gasteiger partial charge >= 0.3 is 5.97 Å². The second kappa shape index (κ2) is 5.33. The molecule has 0 aliphatic carbocycles. The number of rotatable bonds is 3. The zero-order valence-electron chi connectivity index (χ0n) is 9.15. The van der Waals surface area contributed by atoms with Crippen LogP contribution in [-0.4, -0.2) is 35.3 Å². The minimum atomic E-state index is -1.01. The third kappa shape index (κ3) is 3.08. The van der Waals surface area contributed by atoms with Gasteiger partial charge in [-0.2, -0.15) is 0 Å². The Morgan fingerprint density at radius 1 is 1.47 bits per heavy atom. The summed E-state index contributed by atoms with van der Waals surface area (Å²) in [6, 6.07) is 3.12. The van der Waals surface area contributed by atoms with Gasteiger partial charge < -0.3 is 15.2 Å². The minimum Gasteiger partial charge on any atom is -0.478 e. The highest BCUT2D eigenvalue weighted by molar-refractivity contribution is 6.29. The van der Waals surface area contributed by atoms with E-state index >= 15 is 0 Å². The standard InChI is InChI=1S/C11H13ClN2O3/c12-9-2-1-8(11(15)16)10(14-9)13-7-3-5-17-6-4-7/h1-2,7H,3-6H2,(H,13,14)(H,15,16). The molecule has 17 heavy (non-hydrogen) atoms. The fourth-order valence-corrected chi connectivity index (χ4v) is 1.90. The molecule has 2 rings (SSSR count). The van der Waals surface area contributed by atoms with E-state index in [0.29, 0.717) is 19.0 Å². The first-order chi connectivity index (χ1) is 8.16. The molecule has 1 aromatic heterocycles. The summed E-state index contributed by atoms with van der Waals surface area (Å²) in [4.78, 5) is 15.0. The summed E-state index contributed by atoms with van der Waals surface area (Å²) in [7, 11) is 0. The molecule has 2 N–H and O–H groups in total. The lowest BCUT2D eigenvalue weighted by atomic mass is 10.1. The maximum Gasteiger partial charge on any atom is 0.339 e. The fourth-order valence-electron chi connectivity index (χ4n) is 1.75. The van der Waals surface area contributed by atoms with Crippen LogP contribution >= 0.6 is 11.6 Å². The Balaban J connectivity index is 2.17. The zero-order valence-corrected chi connectivity index (χ0v) is 9.91. The number of carboxylic acid groups (broad SMARTS) is 1. The van der Waals surface area contributed by atoms with E-state index in [1.807, 2.05) is 0 Å². The number of hydrogen-bond acceptors (Lipinski definition) is 4. The molecule has 0 bridgehead atoms. The number of anilines is 1. The smallest absolute Gasteiger partial charge is 0.339 e. The largest absolute Gasteiger partial charge is 0.478 e. The molecular formula is C11H13ClN2O3. The number of nitrogens with zero attached hydrogens (tertiary/aromatic N) is 1. The fraction of sp³-hybridized carbons (Fsp3) is 0.455. The number of nitrogens with one attached hydrogen (secondary N) is 1. The highest BCUT2D eigenvalue weighted by Crippen LogP contribution is 2.20. The van der Waals surface area contributed by atoms with Crippen molar-refractivity contribution in [2.45, 2.75) is 18.9 Å². The first-order valence-corrected chi connectivity index (χ1v) is 5.79. The van der Waals surface area contributed by atoms with E-state index in [1.165, 1.54) is 12.1 Å². The van der Waals surface area contributed by atoms with Gasteiger partial charge in [0.1, 0.15) is 16.5 Å². The van der Waals surface area contributed by atoms with Gasteiger partial charge in [-0.15, -0.1) is 0 Å². The lowest BCUT2D eigenvalue weighted by molar-refractivity contribution is 0.0697. The number of carboxylic acids is 1. The number of aromatic carboxylic acids is 1. The van der Waals surface area contributed by atoms with Crippen molar-refractivity contribution in [3.05, 3.63) is 22.8 Å². The van der Waals surface area contributed by atoms with Crippen molar-refractivity contribution < 1.29 is 14.6 Å². The molecule has 1 aromatic rings. The summed E-state index contributed by atoms with van der Waals surface area (Å²) in [5, 5.41) is 12.4. The van der Waals surface area contributed by atoms with Crippen molar-refractivity contribution in [3.63, 3.8) is 0 Å². The van der Waals surface area contributed by atoms with E-state index in [0.717, 1.165) is 12.8 Å².